The number of rotatable bonds is 6. The van der Waals surface area contributed by atoms with Crippen LogP contribution in [0.25, 0.3) is 0 Å². The Balaban J connectivity index is 1.42. The number of carbonyl (C=O) groups excluding carboxylic acids is 3. The predicted molar refractivity (Wildman–Crippen MR) is 153 cm³/mol. The molecule has 0 radical (unpaired) electrons. The molecule has 1 aliphatic carbocycles. The van der Waals surface area contributed by atoms with Crippen molar-refractivity contribution >= 4 is 18.0 Å². The molecule has 0 unspecified atom stereocenters. The van der Waals surface area contributed by atoms with E-state index >= 15 is 0 Å². The Morgan fingerprint density at radius 1 is 0.909 bits per heavy atom. The molecule has 0 saturated carbocycles. The van der Waals surface area contributed by atoms with Gasteiger partial charge >= 0.3 is 18.0 Å². The van der Waals surface area contributed by atoms with Gasteiger partial charge in [0.25, 0.3) is 0 Å². The van der Waals surface area contributed by atoms with Crippen LogP contribution in [-0.4, -0.2) is 75.8 Å². The summed E-state index contributed by atoms with van der Waals surface area (Å²) < 4.78 is 45.6. The molecule has 3 heterocycles. The van der Waals surface area contributed by atoms with Gasteiger partial charge in [-0.3, -0.25) is 9.69 Å². The van der Waals surface area contributed by atoms with Crippen molar-refractivity contribution in [2.45, 2.75) is 57.3 Å². The maximum Gasteiger partial charge on any atom is 0.411 e. The molecule has 0 N–H and O–H groups in total. The highest BCUT2D eigenvalue weighted by molar-refractivity contribution is 5.83. The third kappa shape index (κ3) is 5.09. The van der Waals surface area contributed by atoms with Gasteiger partial charge in [0.2, 0.25) is 12.5 Å². The number of esters is 2. The van der Waals surface area contributed by atoms with Gasteiger partial charge in [0, 0.05) is 23.9 Å². The first-order valence-electron chi connectivity index (χ1n) is 14.6. The maximum absolute atomic E-state index is 13.8. The molecule has 2 saturated heterocycles. The molecule has 5 atom stereocenters. The van der Waals surface area contributed by atoms with Crippen LogP contribution in [0.15, 0.2) is 24.3 Å². The van der Waals surface area contributed by atoms with E-state index in [9.17, 15) is 14.4 Å². The first-order chi connectivity index (χ1) is 21.0. The summed E-state index contributed by atoms with van der Waals surface area (Å²) in [6.45, 7) is 5.80. The van der Waals surface area contributed by atoms with Gasteiger partial charge in [0.05, 0.1) is 33.9 Å². The fourth-order valence-electron chi connectivity index (χ4n) is 6.70. The van der Waals surface area contributed by atoms with Crippen LogP contribution >= 0.6 is 0 Å². The van der Waals surface area contributed by atoms with E-state index in [-0.39, 0.29) is 13.4 Å². The van der Waals surface area contributed by atoms with Crippen molar-refractivity contribution in [2.75, 3.05) is 41.3 Å². The minimum Gasteiger partial charge on any atom is -0.493 e. The van der Waals surface area contributed by atoms with Crippen LogP contribution in [0, 0.1) is 11.8 Å². The lowest BCUT2D eigenvalue weighted by Crippen LogP contribution is -2.45. The van der Waals surface area contributed by atoms with E-state index in [4.69, 9.17) is 37.9 Å². The number of benzene rings is 2. The molecule has 1 amide bonds. The Labute approximate surface area is 255 Å². The summed E-state index contributed by atoms with van der Waals surface area (Å²) in [5, 5.41) is 0. The van der Waals surface area contributed by atoms with Crippen LogP contribution < -0.4 is 23.7 Å². The third-order valence-electron chi connectivity index (χ3n) is 8.56. The number of carbonyl (C=O) groups is 3. The van der Waals surface area contributed by atoms with Gasteiger partial charge in [-0.2, -0.15) is 0 Å². The van der Waals surface area contributed by atoms with Gasteiger partial charge in [-0.25, -0.2) is 9.59 Å². The van der Waals surface area contributed by atoms with Crippen LogP contribution in [-0.2, 0) is 23.8 Å². The van der Waals surface area contributed by atoms with E-state index in [2.05, 4.69) is 0 Å². The van der Waals surface area contributed by atoms with Crippen LogP contribution in [0.4, 0.5) is 4.79 Å². The van der Waals surface area contributed by atoms with Crippen LogP contribution in [0.2, 0.25) is 0 Å². The highest BCUT2D eigenvalue weighted by Gasteiger charge is 2.55. The monoisotopic (exact) mass is 611 g/mol. The highest BCUT2D eigenvalue weighted by atomic mass is 16.7. The Hall–Kier alpha value is -4.35. The lowest BCUT2D eigenvalue weighted by Gasteiger charge is -2.39. The van der Waals surface area contributed by atoms with Crippen molar-refractivity contribution in [3.63, 3.8) is 0 Å². The fraction of sp³-hybridized carbons (Fsp3) is 0.531. The van der Waals surface area contributed by atoms with Crippen molar-refractivity contribution < 1.29 is 52.3 Å². The SMILES string of the molecule is COc1cc([C@@H]2c3cc4c(cc3[C@H](OC(=O)[C@@H]3CCCN3C(=O)OC(C)(C)C)[C@H]3COC(=O)[C@H]23)OCO4)cc(OC)c1OC. The molecule has 2 aromatic carbocycles. The number of cyclic esters (lactones) is 1. The quantitative estimate of drug-likeness (QED) is 0.341. The normalized spacial score (nSPS) is 25.1. The number of nitrogens with zero attached hydrogens (tertiary/aromatic N) is 1. The molecule has 0 bridgehead atoms. The summed E-state index contributed by atoms with van der Waals surface area (Å²) in [6, 6.07) is 6.45. The first-order valence-corrected chi connectivity index (χ1v) is 14.6. The summed E-state index contributed by atoms with van der Waals surface area (Å²) >= 11 is 0. The number of likely N-dealkylation sites (tertiary alicyclic amines) is 1. The lowest BCUT2D eigenvalue weighted by atomic mass is 9.66. The van der Waals surface area contributed by atoms with E-state index in [1.54, 1.807) is 26.8 Å². The van der Waals surface area contributed by atoms with E-state index in [1.165, 1.54) is 26.2 Å². The van der Waals surface area contributed by atoms with Crippen LogP contribution in [0.5, 0.6) is 28.7 Å². The smallest absolute Gasteiger partial charge is 0.411 e. The van der Waals surface area contributed by atoms with E-state index in [0.717, 1.165) is 11.1 Å². The molecule has 2 fully saturated rings. The largest absolute Gasteiger partial charge is 0.493 e. The molecule has 2 aromatic rings. The fourth-order valence-corrected chi connectivity index (χ4v) is 6.70. The molecule has 236 valence electrons. The molecule has 3 aliphatic heterocycles. The lowest BCUT2D eigenvalue weighted by molar-refractivity contribution is -0.159. The molecule has 44 heavy (non-hydrogen) atoms. The highest BCUT2D eigenvalue weighted by Crippen LogP contribution is 2.56. The Morgan fingerprint density at radius 3 is 2.18 bits per heavy atom. The topological polar surface area (TPSA) is 128 Å². The second-order valence-electron chi connectivity index (χ2n) is 12.3. The second kappa shape index (κ2) is 11.3. The number of hydrogen-bond acceptors (Lipinski definition) is 11. The number of fused-ring (bicyclic) bond motifs is 3. The molecule has 12 nitrogen and oxygen atoms in total. The van der Waals surface area contributed by atoms with Crippen LogP contribution in [0.1, 0.15) is 62.3 Å². The average Bonchev–Trinajstić information content (AvgIpc) is 3.75. The predicted octanol–water partition coefficient (Wildman–Crippen LogP) is 4.36. The zero-order valence-corrected chi connectivity index (χ0v) is 25.7. The van der Waals surface area contributed by atoms with Gasteiger partial charge in [-0.05, 0) is 69.0 Å². The van der Waals surface area contributed by atoms with Crippen molar-refractivity contribution in [3.05, 3.63) is 41.0 Å². The summed E-state index contributed by atoms with van der Waals surface area (Å²) in [6.07, 6.45) is -0.335. The zero-order valence-electron chi connectivity index (χ0n) is 25.7. The number of methoxy groups -OCH3 is 3. The number of ether oxygens (including phenoxy) is 8. The summed E-state index contributed by atoms with van der Waals surface area (Å²) in [7, 11) is 4.58. The Kier molecular flexibility index (Phi) is 7.63. The molecular formula is C32H37NO11. The third-order valence-corrected chi connectivity index (χ3v) is 8.56. The van der Waals surface area contributed by atoms with E-state index in [1.807, 2.05) is 18.2 Å². The summed E-state index contributed by atoms with van der Waals surface area (Å²) in [4.78, 5) is 41.6. The van der Waals surface area contributed by atoms with Crippen molar-refractivity contribution in [2.24, 2.45) is 11.8 Å². The van der Waals surface area contributed by atoms with Crippen molar-refractivity contribution in [1.82, 2.24) is 4.90 Å². The van der Waals surface area contributed by atoms with E-state index in [0.29, 0.717) is 53.7 Å². The summed E-state index contributed by atoms with van der Waals surface area (Å²) in [5.41, 5.74) is 1.40. The second-order valence-corrected chi connectivity index (χ2v) is 12.3. The zero-order chi connectivity index (χ0) is 31.3. The van der Waals surface area contributed by atoms with Gasteiger partial charge in [-0.15, -0.1) is 0 Å². The van der Waals surface area contributed by atoms with Crippen molar-refractivity contribution in [3.8, 4) is 28.7 Å². The van der Waals surface area contributed by atoms with E-state index < -0.39 is 53.5 Å². The van der Waals surface area contributed by atoms with Crippen LogP contribution in [0.3, 0.4) is 0 Å². The first kappa shape index (κ1) is 29.7. The molecule has 0 spiro atoms. The minimum absolute atomic E-state index is 0.0410. The molecular weight excluding hydrogens is 574 g/mol. The number of hydrogen-bond donors (Lipinski definition) is 0. The van der Waals surface area contributed by atoms with Crippen molar-refractivity contribution in [1.29, 1.82) is 0 Å². The standard InChI is InChI=1S/C32H37NO11/c1-32(2,3)44-31(36)33-9-7-8-20(33)29(34)43-27-18-13-22-21(41-15-42-22)12-17(18)25(26-19(27)14-40-30(26)35)16-10-23(37-4)28(39-6)24(11-16)38-5/h10-13,19-20,25-27H,7-9,14-15H2,1-6H3/t19-,20-,25+,26-,27-/m0/s1. The minimum atomic E-state index is -0.845. The Bertz CT molecular complexity index is 1460. The molecule has 4 aliphatic rings. The average molecular weight is 612 g/mol. The van der Waals surface area contributed by atoms with Gasteiger partial charge in [-0.1, -0.05) is 0 Å². The van der Waals surface area contributed by atoms with Gasteiger partial charge in [0.1, 0.15) is 17.7 Å². The summed E-state index contributed by atoms with van der Waals surface area (Å²) in [5.74, 6) is -0.393. The maximum atomic E-state index is 13.8. The number of amides is 1. The molecule has 0 aromatic heterocycles. The molecule has 12 heteroatoms. The van der Waals surface area contributed by atoms with Gasteiger partial charge < -0.3 is 37.9 Å². The Morgan fingerprint density at radius 2 is 1.57 bits per heavy atom. The molecule has 6 rings (SSSR count). The van der Waals surface area contributed by atoms with Gasteiger partial charge in [0.15, 0.2) is 23.0 Å².